The van der Waals surface area contributed by atoms with E-state index in [0.717, 1.165) is 22.6 Å². The van der Waals surface area contributed by atoms with Gasteiger partial charge in [-0.05, 0) is 12.1 Å². The van der Waals surface area contributed by atoms with Crippen LogP contribution < -0.4 is 5.73 Å². The number of hydrogen-bond acceptors (Lipinski definition) is 3. The molecule has 0 aliphatic heterocycles. The van der Waals surface area contributed by atoms with Crippen LogP contribution in [0.4, 0.5) is 0 Å². The molecule has 0 radical (unpaired) electrons. The van der Waals surface area contributed by atoms with Crippen molar-refractivity contribution in [2.24, 2.45) is 5.73 Å². The standard InChI is InChI=1S/C16H19N3O/c1-11(2)16-18-7-8-19(16)10-13(17)15-9-12-5-3-4-6-14(12)20-15/h3-9,11,13H,10,17H2,1-2H3. The van der Waals surface area contributed by atoms with Crippen LogP contribution in [0, 0.1) is 0 Å². The van der Waals surface area contributed by atoms with Gasteiger partial charge in [-0.25, -0.2) is 4.98 Å². The molecule has 4 nitrogen and oxygen atoms in total. The van der Waals surface area contributed by atoms with Crippen LogP contribution in [0.2, 0.25) is 0 Å². The highest BCUT2D eigenvalue weighted by molar-refractivity contribution is 5.77. The molecule has 0 fully saturated rings. The molecule has 0 bridgehead atoms. The Hall–Kier alpha value is -2.07. The summed E-state index contributed by atoms with van der Waals surface area (Å²) in [6.07, 6.45) is 3.79. The van der Waals surface area contributed by atoms with Crippen molar-refractivity contribution in [2.75, 3.05) is 0 Å². The van der Waals surface area contributed by atoms with E-state index in [1.165, 1.54) is 0 Å². The first-order chi connectivity index (χ1) is 9.65. The largest absolute Gasteiger partial charge is 0.459 e. The Bertz CT molecular complexity index is 678. The van der Waals surface area contributed by atoms with Crippen LogP contribution in [-0.4, -0.2) is 9.55 Å². The Morgan fingerprint density at radius 3 is 2.85 bits per heavy atom. The van der Waals surface area contributed by atoms with Crippen molar-refractivity contribution in [3.8, 4) is 0 Å². The van der Waals surface area contributed by atoms with Crippen LogP contribution >= 0.6 is 0 Å². The maximum Gasteiger partial charge on any atom is 0.134 e. The summed E-state index contributed by atoms with van der Waals surface area (Å²) in [5, 5.41) is 1.09. The average molecular weight is 269 g/mol. The first-order valence-corrected chi connectivity index (χ1v) is 6.90. The Morgan fingerprint density at radius 2 is 2.10 bits per heavy atom. The summed E-state index contributed by atoms with van der Waals surface area (Å²) in [5.41, 5.74) is 7.16. The molecule has 20 heavy (non-hydrogen) atoms. The van der Waals surface area contributed by atoms with Crippen LogP contribution in [0.3, 0.4) is 0 Å². The molecule has 104 valence electrons. The Kier molecular flexibility index (Phi) is 3.32. The van der Waals surface area contributed by atoms with Crippen molar-refractivity contribution in [3.05, 3.63) is 54.3 Å². The lowest BCUT2D eigenvalue weighted by atomic mass is 10.2. The Balaban J connectivity index is 1.85. The topological polar surface area (TPSA) is 57.0 Å². The molecule has 4 heteroatoms. The number of nitrogens with zero attached hydrogens (tertiary/aromatic N) is 2. The zero-order valence-electron chi connectivity index (χ0n) is 11.8. The number of hydrogen-bond donors (Lipinski definition) is 1. The van der Waals surface area contributed by atoms with Crippen molar-refractivity contribution in [1.82, 2.24) is 9.55 Å². The first kappa shape index (κ1) is 12.9. The molecule has 0 spiro atoms. The lowest BCUT2D eigenvalue weighted by Gasteiger charge is -2.14. The van der Waals surface area contributed by atoms with Gasteiger partial charge < -0.3 is 14.7 Å². The van der Waals surface area contributed by atoms with E-state index in [9.17, 15) is 0 Å². The fourth-order valence-electron chi connectivity index (χ4n) is 2.46. The van der Waals surface area contributed by atoms with Crippen LogP contribution in [0.25, 0.3) is 11.0 Å². The summed E-state index contributed by atoms with van der Waals surface area (Å²) in [4.78, 5) is 4.38. The van der Waals surface area contributed by atoms with Gasteiger partial charge in [0.15, 0.2) is 0 Å². The van der Waals surface area contributed by atoms with Gasteiger partial charge in [-0.2, -0.15) is 0 Å². The number of benzene rings is 1. The van der Waals surface area contributed by atoms with Gasteiger partial charge in [0.05, 0.1) is 6.04 Å². The number of furan rings is 1. The maximum atomic E-state index is 6.28. The molecule has 2 N–H and O–H groups in total. The highest BCUT2D eigenvalue weighted by Gasteiger charge is 2.15. The first-order valence-electron chi connectivity index (χ1n) is 6.90. The van der Waals surface area contributed by atoms with Crippen molar-refractivity contribution in [2.45, 2.75) is 32.4 Å². The molecule has 1 aromatic carbocycles. The molecule has 0 aliphatic rings. The van der Waals surface area contributed by atoms with Crippen LogP contribution in [0.1, 0.15) is 37.4 Å². The second kappa shape index (κ2) is 5.13. The predicted molar refractivity (Wildman–Crippen MR) is 79.5 cm³/mol. The van der Waals surface area contributed by atoms with Gasteiger partial charge in [-0.1, -0.05) is 32.0 Å². The second-order valence-corrected chi connectivity index (χ2v) is 5.39. The highest BCUT2D eigenvalue weighted by Crippen LogP contribution is 2.24. The van der Waals surface area contributed by atoms with Crippen molar-refractivity contribution in [3.63, 3.8) is 0 Å². The van der Waals surface area contributed by atoms with E-state index in [4.69, 9.17) is 10.2 Å². The van der Waals surface area contributed by atoms with E-state index in [1.807, 2.05) is 42.7 Å². The monoisotopic (exact) mass is 269 g/mol. The molecule has 0 saturated carbocycles. The van der Waals surface area contributed by atoms with E-state index < -0.39 is 0 Å². The third-order valence-electron chi connectivity index (χ3n) is 3.47. The van der Waals surface area contributed by atoms with E-state index in [2.05, 4.69) is 23.4 Å². The minimum absolute atomic E-state index is 0.172. The molecular formula is C16H19N3O. The van der Waals surface area contributed by atoms with Crippen LogP contribution in [-0.2, 0) is 6.54 Å². The molecule has 0 aliphatic carbocycles. The summed E-state index contributed by atoms with van der Waals surface area (Å²) in [6.45, 7) is 4.93. The Labute approximate surface area is 118 Å². The zero-order chi connectivity index (χ0) is 14.1. The summed E-state index contributed by atoms with van der Waals surface area (Å²) in [7, 11) is 0. The third-order valence-corrected chi connectivity index (χ3v) is 3.47. The second-order valence-electron chi connectivity index (χ2n) is 5.39. The van der Waals surface area contributed by atoms with Gasteiger partial charge in [0.25, 0.3) is 0 Å². The van der Waals surface area contributed by atoms with Gasteiger partial charge in [-0.3, -0.25) is 0 Å². The fourth-order valence-corrected chi connectivity index (χ4v) is 2.46. The van der Waals surface area contributed by atoms with Gasteiger partial charge in [-0.15, -0.1) is 0 Å². The van der Waals surface area contributed by atoms with E-state index >= 15 is 0 Å². The summed E-state index contributed by atoms with van der Waals surface area (Å²) in [5.74, 6) is 2.25. The SMILES string of the molecule is CC(C)c1nccn1CC(N)c1cc2ccccc2o1. The lowest BCUT2D eigenvalue weighted by Crippen LogP contribution is -2.18. The van der Waals surface area contributed by atoms with Gasteiger partial charge in [0.1, 0.15) is 17.2 Å². The number of imidazole rings is 1. The van der Waals surface area contributed by atoms with Crippen LogP contribution in [0.15, 0.2) is 47.1 Å². The quantitative estimate of drug-likeness (QED) is 0.789. The molecular weight excluding hydrogens is 250 g/mol. The fraction of sp³-hybridized carbons (Fsp3) is 0.312. The van der Waals surface area contributed by atoms with Gasteiger partial charge in [0, 0.05) is 30.2 Å². The molecule has 1 atom stereocenters. The maximum absolute atomic E-state index is 6.28. The van der Waals surface area contributed by atoms with Crippen molar-refractivity contribution < 1.29 is 4.42 Å². The van der Waals surface area contributed by atoms with E-state index in [-0.39, 0.29) is 6.04 Å². The van der Waals surface area contributed by atoms with Crippen molar-refractivity contribution >= 4 is 11.0 Å². The normalized spacial score (nSPS) is 13.2. The molecule has 3 rings (SSSR count). The van der Waals surface area contributed by atoms with E-state index in [0.29, 0.717) is 12.5 Å². The molecule has 2 heterocycles. The molecule has 1 unspecified atom stereocenters. The average Bonchev–Trinajstić information content (AvgIpc) is 3.03. The summed E-state index contributed by atoms with van der Waals surface area (Å²) < 4.78 is 7.92. The predicted octanol–water partition coefficient (Wildman–Crippen LogP) is 3.45. The number of rotatable bonds is 4. The smallest absolute Gasteiger partial charge is 0.134 e. The van der Waals surface area contributed by atoms with Gasteiger partial charge in [0.2, 0.25) is 0 Å². The Morgan fingerprint density at radius 1 is 1.30 bits per heavy atom. The summed E-state index contributed by atoms with van der Waals surface area (Å²) >= 11 is 0. The number of aromatic nitrogens is 2. The summed E-state index contributed by atoms with van der Waals surface area (Å²) in [6, 6.07) is 9.81. The number of para-hydroxylation sites is 1. The van der Waals surface area contributed by atoms with Gasteiger partial charge >= 0.3 is 0 Å². The number of nitrogens with two attached hydrogens (primary N) is 1. The van der Waals surface area contributed by atoms with Crippen molar-refractivity contribution in [1.29, 1.82) is 0 Å². The molecule has 0 amide bonds. The highest BCUT2D eigenvalue weighted by atomic mass is 16.3. The van der Waals surface area contributed by atoms with E-state index in [1.54, 1.807) is 0 Å². The zero-order valence-corrected chi connectivity index (χ0v) is 11.8. The minimum Gasteiger partial charge on any atom is -0.459 e. The third kappa shape index (κ3) is 2.34. The molecule has 3 aromatic rings. The van der Waals surface area contributed by atoms with Crippen LogP contribution in [0.5, 0.6) is 0 Å². The minimum atomic E-state index is -0.172. The lowest BCUT2D eigenvalue weighted by molar-refractivity contribution is 0.447. The molecule has 0 saturated heterocycles. The number of fused-ring (bicyclic) bond motifs is 1. The molecule has 2 aromatic heterocycles.